The van der Waals surface area contributed by atoms with Crippen LogP contribution in [0.4, 0.5) is 0 Å². The van der Waals surface area contributed by atoms with Crippen molar-refractivity contribution in [3.8, 4) is 11.5 Å². The molecule has 1 heterocycles. The van der Waals surface area contributed by atoms with Crippen molar-refractivity contribution in [3.63, 3.8) is 0 Å². The summed E-state index contributed by atoms with van der Waals surface area (Å²) in [7, 11) is 1.66. The molecular weight excluding hydrogens is 384 g/mol. The molecule has 2 aromatic carbocycles. The van der Waals surface area contributed by atoms with E-state index < -0.39 is 0 Å². The SMILES string of the molecule is CCOCCc1ccc(OC)cc1OCc1cc(Br)c2occc2c1. The third-order valence-electron chi connectivity index (χ3n) is 3.95. The van der Waals surface area contributed by atoms with Crippen molar-refractivity contribution >= 4 is 26.9 Å². The second-order valence-electron chi connectivity index (χ2n) is 5.63. The minimum atomic E-state index is 0.467. The Morgan fingerprint density at radius 2 is 2.00 bits per heavy atom. The van der Waals surface area contributed by atoms with Gasteiger partial charge in [-0.25, -0.2) is 0 Å². The molecule has 0 N–H and O–H groups in total. The molecule has 0 spiro atoms. The summed E-state index contributed by atoms with van der Waals surface area (Å²) >= 11 is 3.55. The summed E-state index contributed by atoms with van der Waals surface area (Å²) in [5, 5.41) is 1.05. The topological polar surface area (TPSA) is 40.8 Å². The zero-order valence-electron chi connectivity index (χ0n) is 14.4. The van der Waals surface area contributed by atoms with Crippen LogP contribution in [0.1, 0.15) is 18.1 Å². The number of halogens is 1. The smallest absolute Gasteiger partial charge is 0.148 e. The lowest BCUT2D eigenvalue weighted by molar-refractivity contribution is 0.150. The Hall–Kier alpha value is -1.98. The van der Waals surface area contributed by atoms with Gasteiger partial charge in [-0.1, -0.05) is 6.07 Å². The molecule has 0 aliphatic heterocycles. The zero-order valence-corrected chi connectivity index (χ0v) is 16.0. The van der Waals surface area contributed by atoms with E-state index in [2.05, 4.69) is 22.0 Å². The predicted molar refractivity (Wildman–Crippen MR) is 101 cm³/mol. The molecule has 0 aliphatic carbocycles. The van der Waals surface area contributed by atoms with E-state index in [4.69, 9.17) is 18.6 Å². The summed E-state index contributed by atoms with van der Waals surface area (Å²) in [5.41, 5.74) is 3.03. The van der Waals surface area contributed by atoms with E-state index in [1.165, 1.54) is 0 Å². The van der Waals surface area contributed by atoms with Gasteiger partial charge in [-0.15, -0.1) is 0 Å². The maximum atomic E-state index is 6.09. The molecule has 0 unspecified atom stereocenters. The van der Waals surface area contributed by atoms with E-state index in [0.29, 0.717) is 19.8 Å². The number of ether oxygens (including phenoxy) is 3. The molecule has 3 rings (SSSR count). The van der Waals surface area contributed by atoms with Gasteiger partial charge in [-0.05, 0) is 64.7 Å². The van der Waals surface area contributed by atoms with Crippen LogP contribution in [0.15, 0.2) is 51.6 Å². The van der Waals surface area contributed by atoms with Crippen molar-refractivity contribution in [2.45, 2.75) is 20.0 Å². The normalized spacial score (nSPS) is 11.0. The van der Waals surface area contributed by atoms with E-state index in [-0.39, 0.29) is 0 Å². The van der Waals surface area contributed by atoms with Gasteiger partial charge in [-0.2, -0.15) is 0 Å². The first kappa shape index (κ1) is 17.8. The molecule has 5 heteroatoms. The maximum Gasteiger partial charge on any atom is 0.148 e. The summed E-state index contributed by atoms with van der Waals surface area (Å²) in [4.78, 5) is 0. The van der Waals surface area contributed by atoms with Gasteiger partial charge in [0.25, 0.3) is 0 Å². The fourth-order valence-corrected chi connectivity index (χ4v) is 3.29. The van der Waals surface area contributed by atoms with Crippen LogP contribution >= 0.6 is 15.9 Å². The van der Waals surface area contributed by atoms with Gasteiger partial charge in [0.1, 0.15) is 23.7 Å². The number of hydrogen-bond donors (Lipinski definition) is 0. The van der Waals surface area contributed by atoms with Crippen LogP contribution < -0.4 is 9.47 Å². The van der Waals surface area contributed by atoms with Gasteiger partial charge >= 0.3 is 0 Å². The third-order valence-corrected chi connectivity index (χ3v) is 4.54. The summed E-state index contributed by atoms with van der Waals surface area (Å²) in [6, 6.07) is 11.9. The van der Waals surface area contributed by atoms with Gasteiger partial charge in [0.15, 0.2) is 0 Å². The summed E-state index contributed by atoms with van der Waals surface area (Å²) in [5.74, 6) is 1.60. The Kier molecular flexibility index (Phi) is 6.00. The highest BCUT2D eigenvalue weighted by atomic mass is 79.9. The Labute approximate surface area is 155 Å². The van der Waals surface area contributed by atoms with Crippen molar-refractivity contribution in [2.24, 2.45) is 0 Å². The van der Waals surface area contributed by atoms with Gasteiger partial charge in [-0.3, -0.25) is 0 Å². The van der Waals surface area contributed by atoms with E-state index in [9.17, 15) is 0 Å². The first-order valence-corrected chi connectivity index (χ1v) is 9.03. The summed E-state index contributed by atoms with van der Waals surface area (Å²) in [6.07, 6.45) is 2.49. The number of hydrogen-bond acceptors (Lipinski definition) is 4. The van der Waals surface area contributed by atoms with Gasteiger partial charge in [0.2, 0.25) is 0 Å². The number of rotatable bonds is 8. The highest BCUT2D eigenvalue weighted by molar-refractivity contribution is 9.10. The van der Waals surface area contributed by atoms with E-state index in [0.717, 1.165) is 44.5 Å². The van der Waals surface area contributed by atoms with Crippen LogP contribution in [0.3, 0.4) is 0 Å². The number of methoxy groups -OCH3 is 1. The fourth-order valence-electron chi connectivity index (χ4n) is 2.67. The molecule has 0 amide bonds. The Morgan fingerprint density at radius 3 is 2.80 bits per heavy atom. The third kappa shape index (κ3) is 4.35. The first-order chi connectivity index (χ1) is 12.2. The van der Waals surface area contributed by atoms with Crippen LogP contribution in [-0.4, -0.2) is 20.3 Å². The standard InChI is InChI=1S/C20H21BrO4/c1-3-23-8-6-15-4-5-17(22-2)12-19(15)25-13-14-10-16-7-9-24-20(16)18(21)11-14/h4-5,7,9-12H,3,6,8,13H2,1-2H3. The van der Waals surface area contributed by atoms with Crippen LogP contribution in [-0.2, 0) is 17.8 Å². The predicted octanol–water partition coefficient (Wildman–Crippen LogP) is 5.36. The molecule has 0 atom stereocenters. The van der Waals surface area contributed by atoms with Crippen molar-refractivity contribution in [1.29, 1.82) is 0 Å². The van der Waals surface area contributed by atoms with Crippen molar-refractivity contribution in [2.75, 3.05) is 20.3 Å². The van der Waals surface area contributed by atoms with Gasteiger partial charge < -0.3 is 18.6 Å². The molecular formula is C20H21BrO4. The second-order valence-corrected chi connectivity index (χ2v) is 6.48. The minimum absolute atomic E-state index is 0.467. The van der Waals surface area contributed by atoms with E-state index in [1.807, 2.05) is 37.3 Å². The monoisotopic (exact) mass is 404 g/mol. The molecule has 25 heavy (non-hydrogen) atoms. The largest absolute Gasteiger partial charge is 0.497 e. The van der Waals surface area contributed by atoms with Crippen LogP contribution in [0.2, 0.25) is 0 Å². The van der Waals surface area contributed by atoms with Crippen LogP contribution in [0, 0.1) is 0 Å². The first-order valence-electron chi connectivity index (χ1n) is 8.24. The highest BCUT2D eigenvalue weighted by Gasteiger charge is 2.09. The average molecular weight is 405 g/mol. The van der Waals surface area contributed by atoms with Crippen LogP contribution in [0.5, 0.6) is 11.5 Å². The summed E-state index contributed by atoms with van der Waals surface area (Å²) < 4.78 is 23.3. The Bertz CT molecular complexity index is 841. The molecule has 3 aromatic rings. The van der Waals surface area contributed by atoms with E-state index >= 15 is 0 Å². The lowest BCUT2D eigenvalue weighted by Crippen LogP contribution is -2.03. The van der Waals surface area contributed by atoms with E-state index in [1.54, 1.807) is 13.4 Å². The van der Waals surface area contributed by atoms with Gasteiger partial charge in [0.05, 0.1) is 24.5 Å². The summed E-state index contributed by atoms with van der Waals surface area (Å²) in [6.45, 7) is 3.85. The lowest BCUT2D eigenvalue weighted by atomic mass is 10.1. The van der Waals surface area contributed by atoms with Crippen molar-refractivity contribution in [3.05, 3.63) is 58.3 Å². The average Bonchev–Trinajstić information content (AvgIpc) is 3.10. The lowest BCUT2D eigenvalue weighted by Gasteiger charge is -2.13. The highest BCUT2D eigenvalue weighted by Crippen LogP contribution is 2.29. The Morgan fingerprint density at radius 1 is 1.12 bits per heavy atom. The zero-order chi connectivity index (χ0) is 17.6. The molecule has 0 fully saturated rings. The minimum Gasteiger partial charge on any atom is -0.497 e. The molecule has 0 aliphatic rings. The number of benzene rings is 2. The maximum absolute atomic E-state index is 6.09. The molecule has 132 valence electrons. The van der Waals surface area contributed by atoms with Crippen LogP contribution in [0.25, 0.3) is 11.0 Å². The fraction of sp³-hybridized carbons (Fsp3) is 0.300. The number of furan rings is 1. The van der Waals surface area contributed by atoms with Crippen molar-refractivity contribution in [1.82, 2.24) is 0 Å². The molecule has 0 saturated carbocycles. The molecule has 0 bridgehead atoms. The Balaban J connectivity index is 1.77. The number of fused-ring (bicyclic) bond motifs is 1. The second kappa shape index (κ2) is 8.41. The quantitative estimate of drug-likeness (QED) is 0.473. The molecule has 4 nitrogen and oxygen atoms in total. The molecule has 0 saturated heterocycles. The van der Waals surface area contributed by atoms with Gasteiger partial charge in [0, 0.05) is 18.1 Å². The molecule has 1 aromatic heterocycles. The van der Waals surface area contributed by atoms with Crippen molar-refractivity contribution < 1.29 is 18.6 Å². The molecule has 0 radical (unpaired) electrons.